The first-order valence-electron chi connectivity index (χ1n) is 5.82. The molecule has 2 heterocycles. The number of hydrogen-bond acceptors (Lipinski definition) is 3. The summed E-state index contributed by atoms with van der Waals surface area (Å²) >= 11 is 0. The molecular weight excluding hydrogens is 242 g/mol. The fourth-order valence-electron chi connectivity index (χ4n) is 2.16. The zero-order valence-electron chi connectivity index (χ0n) is 10.3. The standard InChI is InChI=1S/C15H11NO3/c1-9-2-4-16-8-13(9)11-6-10-3-5-19-14(10)12(7-11)15(17)18/h2-8H,1H3,(H,17,18). The largest absolute Gasteiger partial charge is 0.478 e. The molecule has 94 valence electrons. The Labute approximate surface area is 109 Å². The molecule has 0 spiro atoms. The van der Waals surface area contributed by atoms with E-state index in [0.717, 1.165) is 22.1 Å². The number of rotatable bonds is 2. The maximum atomic E-state index is 11.3. The van der Waals surface area contributed by atoms with Crippen molar-refractivity contribution in [1.29, 1.82) is 0 Å². The van der Waals surface area contributed by atoms with Gasteiger partial charge in [0, 0.05) is 23.3 Å². The minimum Gasteiger partial charge on any atom is -0.478 e. The number of fused-ring (bicyclic) bond motifs is 1. The third-order valence-corrected chi connectivity index (χ3v) is 3.13. The van der Waals surface area contributed by atoms with Crippen molar-refractivity contribution in [3.8, 4) is 11.1 Å². The molecule has 0 aliphatic carbocycles. The van der Waals surface area contributed by atoms with Crippen LogP contribution in [0, 0.1) is 6.92 Å². The molecule has 1 N–H and O–H groups in total. The second-order valence-corrected chi connectivity index (χ2v) is 4.36. The zero-order valence-corrected chi connectivity index (χ0v) is 10.3. The van der Waals surface area contributed by atoms with Crippen LogP contribution in [0.4, 0.5) is 0 Å². The van der Waals surface area contributed by atoms with Crippen molar-refractivity contribution < 1.29 is 14.3 Å². The van der Waals surface area contributed by atoms with Gasteiger partial charge in [0.25, 0.3) is 0 Å². The van der Waals surface area contributed by atoms with Gasteiger partial charge < -0.3 is 9.52 Å². The normalized spacial score (nSPS) is 10.8. The molecule has 0 saturated heterocycles. The van der Waals surface area contributed by atoms with Crippen LogP contribution >= 0.6 is 0 Å². The summed E-state index contributed by atoms with van der Waals surface area (Å²) < 4.78 is 5.23. The van der Waals surface area contributed by atoms with Crippen LogP contribution in [0.25, 0.3) is 22.1 Å². The van der Waals surface area contributed by atoms with Gasteiger partial charge in [0.2, 0.25) is 0 Å². The van der Waals surface area contributed by atoms with Crippen molar-refractivity contribution in [2.45, 2.75) is 6.92 Å². The van der Waals surface area contributed by atoms with Gasteiger partial charge in [-0.3, -0.25) is 4.98 Å². The maximum absolute atomic E-state index is 11.3. The topological polar surface area (TPSA) is 63.3 Å². The minimum atomic E-state index is -0.997. The van der Waals surface area contributed by atoms with E-state index in [1.807, 2.05) is 19.1 Å². The molecule has 4 heteroatoms. The van der Waals surface area contributed by atoms with Gasteiger partial charge in [-0.25, -0.2) is 4.79 Å². The van der Waals surface area contributed by atoms with Crippen molar-refractivity contribution in [2.24, 2.45) is 0 Å². The summed E-state index contributed by atoms with van der Waals surface area (Å²) in [5.41, 5.74) is 3.37. The predicted octanol–water partition coefficient (Wildman–Crippen LogP) is 3.50. The van der Waals surface area contributed by atoms with E-state index < -0.39 is 5.97 Å². The Kier molecular flexibility index (Phi) is 2.56. The SMILES string of the molecule is Cc1ccncc1-c1cc(C(=O)O)c2occc2c1. The van der Waals surface area contributed by atoms with Gasteiger partial charge in [-0.15, -0.1) is 0 Å². The quantitative estimate of drug-likeness (QED) is 0.759. The van der Waals surface area contributed by atoms with Crippen molar-refractivity contribution >= 4 is 16.9 Å². The van der Waals surface area contributed by atoms with E-state index in [9.17, 15) is 9.90 Å². The van der Waals surface area contributed by atoms with Crippen LogP contribution in [0.15, 0.2) is 47.3 Å². The summed E-state index contributed by atoms with van der Waals surface area (Å²) in [5, 5.41) is 10.0. The number of aryl methyl sites for hydroxylation is 1. The molecule has 3 rings (SSSR count). The summed E-state index contributed by atoms with van der Waals surface area (Å²) in [5.74, 6) is -0.997. The summed E-state index contributed by atoms with van der Waals surface area (Å²) in [6, 6.07) is 7.19. The van der Waals surface area contributed by atoms with E-state index in [1.165, 1.54) is 6.26 Å². The highest BCUT2D eigenvalue weighted by Gasteiger charge is 2.14. The first kappa shape index (κ1) is 11.5. The Morgan fingerprint density at radius 2 is 2.16 bits per heavy atom. The van der Waals surface area contributed by atoms with E-state index in [0.29, 0.717) is 5.58 Å². The Bertz CT molecular complexity index is 774. The first-order chi connectivity index (χ1) is 9.16. The van der Waals surface area contributed by atoms with Crippen LogP contribution in [0.3, 0.4) is 0 Å². The third-order valence-electron chi connectivity index (χ3n) is 3.13. The smallest absolute Gasteiger partial charge is 0.339 e. The van der Waals surface area contributed by atoms with Gasteiger partial charge in [-0.05, 0) is 42.3 Å². The minimum absolute atomic E-state index is 0.167. The molecule has 0 radical (unpaired) electrons. The molecule has 2 aromatic heterocycles. The number of nitrogens with zero attached hydrogens (tertiary/aromatic N) is 1. The van der Waals surface area contributed by atoms with Crippen molar-refractivity contribution in [3.63, 3.8) is 0 Å². The van der Waals surface area contributed by atoms with Gasteiger partial charge in [-0.2, -0.15) is 0 Å². The summed E-state index contributed by atoms with van der Waals surface area (Å²) in [7, 11) is 0. The molecule has 1 aromatic carbocycles. The van der Waals surface area contributed by atoms with Crippen LogP contribution in [0.5, 0.6) is 0 Å². The lowest BCUT2D eigenvalue weighted by atomic mass is 9.99. The van der Waals surface area contributed by atoms with Crippen molar-refractivity contribution in [3.05, 3.63) is 54.0 Å². The van der Waals surface area contributed by atoms with E-state index in [1.54, 1.807) is 24.5 Å². The van der Waals surface area contributed by atoms with E-state index in [2.05, 4.69) is 4.98 Å². The zero-order chi connectivity index (χ0) is 13.4. The first-order valence-corrected chi connectivity index (χ1v) is 5.82. The number of pyridine rings is 1. The lowest BCUT2D eigenvalue weighted by Crippen LogP contribution is -1.97. The number of carboxylic acids is 1. The molecule has 19 heavy (non-hydrogen) atoms. The molecule has 0 bridgehead atoms. The summed E-state index contributed by atoms with van der Waals surface area (Å²) in [4.78, 5) is 15.4. The third kappa shape index (κ3) is 1.87. The van der Waals surface area contributed by atoms with Crippen LogP contribution in [0.1, 0.15) is 15.9 Å². The highest BCUT2D eigenvalue weighted by Crippen LogP contribution is 2.29. The lowest BCUT2D eigenvalue weighted by molar-refractivity contribution is 0.0698. The molecule has 0 saturated carbocycles. The number of aromatic nitrogens is 1. The molecule has 0 atom stereocenters. The second-order valence-electron chi connectivity index (χ2n) is 4.36. The Morgan fingerprint density at radius 1 is 1.32 bits per heavy atom. The van der Waals surface area contributed by atoms with Gasteiger partial charge >= 0.3 is 5.97 Å². The maximum Gasteiger partial charge on any atom is 0.339 e. The number of carbonyl (C=O) groups is 1. The summed E-state index contributed by atoms with van der Waals surface area (Å²) in [6.07, 6.45) is 4.95. The van der Waals surface area contributed by atoms with Crippen LogP contribution in [-0.4, -0.2) is 16.1 Å². The van der Waals surface area contributed by atoms with Crippen LogP contribution < -0.4 is 0 Å². The van der Waals surface area contributed by atoms with Crippen molar-refractivity contribution in [2.75, 3.05) is 0 Å². The number of carboxylic acid groups (broad SMARTS) is 1. The molecule has 0 unspecified atom stereocenters. The molecule has 4 nitrogen and oxygen atoms in total. The number of aromatic carboxylic acids is 1. The molecule has 3 aromatic rings. The summed E-state index contributed by atoms with van der Waals surface area (Å²) in [6.45, 7) is 1.97. The fourth-order valence-corrected chi connectivity index (χ4v) is 2.16. The van der Waals surface area contributed by atoms with Crippen LogP contribution in [-0.2, 0) is 0 Å². The Hall–Kier alpha value is -2.62. The number of furan rings is 1. The number of benzene rings is 1. The van der Waals surface area contributed by atoms with Gasteiger partial charge in [0.05, 0.1) is 6.26 Å². The van der Waals surface area contributed by atoms with Gasteiger partial charge in [-0.1, -0.05) is 0 Å². The van der Waals surface area contributed by atoms with Crippen molar-refractivity contribution in [1.82, 2.24) is 4.98 Å². The number of hydrogen-bond donors (Lipinski definition) is 1. The highest BCUT2D eigenvalue weighted by atomic mass is 16.4. The molecule has 0 aliphatic heterocycles. The Balaban J connectivity index is 2.31. The average Bonchev–Trinajstić information content (AvgIpc) is 2.86. The highest BCUT2D eigenvalue weighted by molar-refractivity contribution is 6.03. The fraction of sp³-hybridized carbons (Fsp3) is 0.0667. The molecule has 0 fully saturated rings. The van der Waals surface area contributed by atoms with E-state index >= 15 is 0 Å². The molecule has 0 aliphatic rings. The van der Waals surface area contributed by atoms with Crippen LogP contribution in [0.2, 0.25) is 0 Å². The van der Waals surface area contributed by atoms with Gasteiger partial charge in [0.15, 0.2) is 0 Å². The monoisotopic (exact) mass is 253 g/mol. The van der Waals surface area contributed by atoms with E-state index in [-0.39, 0.29) is 5.56 Å². The molecule has 0 amide bonds. The lowest BCUT2D eigenvalue weighted by Gasteiger charge is -2.06. The van der Waals surface area contributed by atoms with Gasteiger partial charge in [0.1, 0.15) is 11.1 Å². The molecular formula is C15H11NO3. The average molecular weight is 253 g/mol. The second kappa shape index (κ2) is 4.24. The predicted molar refractivity (Wildman–Crippen MR) is 71.1 cm³/mol. The Morgan fingerprint density at radius 3 is 2.89 bits per heavy atom. The van der Waals surface area contributed by atoms with E-state index in [4.69, 9.17) is 4.42 Å².